The van der Waals surface area contributed by atoms with E-state index in [9.17, 15) is 9.18 Å². The van der Waals surface area contributed by atoms with Gasteiger partial charge in [-0.1, -0.05) is 0 Å². The van der Waals surface area contributed by atoms with Crippen molar-refractivity contribution in [2.75, 3.05) is 43.0 Å². The van der Waals surface area contributed by atoms with Crippen LogP contribution in [0.25, 0.3) is 21.8 Å². The van der Waals surface area contributed by atoms with Crippen molar-refractivity contribution < 1.29 is 13.9 Å². The molecule has 5 heterocycles. The van der Waals surface area contributed by atoms with Crippen LogP contribution in [0.2, 0.25) is 0 Å². The van der Waals surface area contributed by atoms with Crippen LogP contribution >= 0.6 is 0 Å². The summed E-state index contributed by atoms with van der Waals surface area (Å²) in [7, 11) is 1.74. The van der Waals surface area contributed by atoms with Crippen LogP contribution in [0.5, 0.6) is 0 Å². The number of nitrogens with one attached hydrogen (secondary N) is 1. The number of carbonyl (C=O) groups excluding carboxylic acids is 1. The number of nitrogens with zero attached hydrogens (tertiary/aromatic N) is 6. The van der Waals surface area contributed by atoms with Gasteiger partial charge in [0.25, 0.3) is 5.91 Å². The Balaban J connectivity index is 1.27. The number of hydrogen-bond donors (Lipinski definition) is 1. The van der Waals surface area contributed by atoms with Gasteiger partial charge in [-0.05, 0) is 56.5 Å². The fourth-order valence-corrected chi connectivity index (χ4v) is 6.21. The minimum absolute atomic E-state index is 0.164. The molecule has 3 aliphatic rings. The van der Waals surface area contributed by atoms with Gasteiger partial charge in [0.1, 0.15) is 11.6 Å². The van der Waals surface area contributed by atoms with Crippen molar-refractivity contribution >= 4 is 39.1 Å². The van der Waals surface area contributed by atoms with E-state index in [-0.39, 0.29) is 17.5 Å². The molecule has 1 amide bonds. The van der Waals surface area contributed by atoms with Crippen molar-refractivity contribution in [3.63, 3.8) is 0 Å². The number of anilines is 2. The van der Waals surface area contributed by atoms with Crippen molar-refractivity contribution in [1.82, 2.24) is 24.6 Å². The Morgan fingerprint density at radius 1 is 1.13 bits per heavy atom. The Labute approximate surface area is 219 Å². The summed E-state index contributed by atoms with van der Waals surface area (Å²) in [4.78, 5) is 28.1. The summed E-state index contributed by atoms with van der Waals surface area (Å²) < 4.78 is 22.1. The van der Waals surface area contributed by atoms with Crippen LogP contribution in [-0.2, 0) is 11.8 Å². The van der Waals surface area contributed by atoms with Gasteiger partial charge in [-0.25, -0.2) is 14.4 Å². The second-order valence-corrected chi connectivity index (χ2v) is 10.6. The largest absolute Gasteiger partial charge is 0.370 e. The predicted molar refractivity (Wildman–Crippen MR) is 143 cm³/mol. The molecule has 7 rings (SSSR count). The van der Waals surface area contributed by atoms with Crippen molar-refractivity contribution in [2.45, 2.75) is 37.8 Å². The Hall–Kier alpha value is -3.63. The Kier molecular flexibility index (Phi) is 5.74. The van der Waals surface area contributed by atoms with Crippen molar-refractivity contribution in [1.29, 1.82) is 0 Å². The molecular formula is C28H30FN7O2. The first-order valence-corrected chi connectivity index (χ1v) is 13.4. The second kappa shape index (κ2) is 9.28. The second-order valence-electron chi connectivity index (χ2n) is 10.6. The number of carbonyl (C=O) groups is 1. The summed E-state index contributed by atoms with van der Waals surface area (Å²) in [5, 5.41) is 8.50. The molecule has 3 fully saturated rings. The molecule has 0 unspecified atom stereocenters. The lowest BCUT2D eigenvalue weighted by Gasteiger charge is -2.39. The quantitative estimate of drug-likeness (QED) is 0.439. The fourth-order valence-electron chi connectivity index (χ4n) is 6.21. The zero-order valence-corrected chi connectivity index (χ0v) is 21.4. The molecule has 3 saturated heterocycles. The van der Waals surface area contributed by atoms with Crippen molar-refractivity contribution in [2.24, 2.45) is 7.05 Å². The molecule has 3 aliphatic heterocycles. The molecule has 196 valence electrons. The highest BCUT2D eigenvalue weighted by Crippen LogP contribution is 2.34. The molecule has 10 heteroatoms. The lowest BCUT2D eigenvalue weighted by molar-refractivity contribution is 0.102. The van der Waals surface area contributed by atoms with Gasteiger partial charge < -0.3 is 15.0 Å². The number of benzene rings is 2. The minimum Gasteiger partial charge on any atom is -0.370 e. The van der Waals surface area contributed by atoms with Crippen LogP contribution in [0.15, 0.2) is 36.7 Å². The van der Waals surface area contributed by atoms with Gasteiger partial charge in [0.2, 0.25) is 0 Å². The number of aryl methyl sites for hydroxylation is 1. The molecule has 38 heavy (non-hydrogen) atoms. The van der Waals surface area contributed by atoms with E-state index in [0.29, 0.717) is 40.6 Å². The molecule has 1 N–H and O–H groups in total. The van der Waals surface area contributed by atoms with E-state index in [1.807, 2.05) is 18.3 Å². The van der Waals surface area contributed by atoms with Crippen LogP contribution in [0.4, 0.5) is 15.8 Å². The SMILES string of the molecule is Cn1cc2cc(NC(=O)c3ccc(N4CCN5CCC[C@@H]5C4)c4cnc([C@@H]5CCCO5)nc34)cc(F)c2n1. The number of piperazine rings is 1. The third-order valence-corrected chi connectivity index (χ3v) is 8.07. The molecule has 0 saturated carbocycles. The highest BCUT2D eigenvalue weighted by molar-refractivity contribution is 6.14. The predicted octanol–water partition coefficient (Wildman–Crippen LogP) is 4.04. The monoisotopic (exact) mass is 515 g/mol. The van der Waals surface area contributed by atoms with Gasteiger partial charge >= 0.3 is 0 Å². The molecule has 2 atom stereocenters. The lowest BCUT2D eigenvalue weighted by Crippen LogP contribution is -2.50. The lowest BCUT2D eigenvalue weighted by atomic mass is 10.0. The van der Waals surface area contributed by atoms with Gasteiger partial charge in [-0.3, -0.25) is 14.4 Å². The van der Waals surface area contributed by atoms with Crippen LogP contribution in [0, 0.1) is 5.82 Å². The maximum absolute atomic E-state index is 14.7. The Morgan fingerprint density at radius 3 is 2.92 bits per heavy atom. The summed E-state index contributed by atoms with van der Waals surface area (Å²) in [5.74, 6) is -0.223. The van der Waals surface area contributed by atoms with Crippen LogP contribution in [0.1, 0.15) is 48.0 Å². The van der Waals surface area contributed by atoms with Crippen LogP contribution in [0.3, 0.4) is 0 Å². The number of hydrogen-bond acceptors (Lipinski definition) is 7. The summed E-state index contributed by atoms with van der Waals surface area (Å²) in [5.41, 5.74) is 2.71. The van der Waals surface area contributed by atoms with E-state index >= 15 is 0 Å². The normalized spacial score (nSPS) is 21.9. The molecule has 0 spiro atoms. The van der Waals surface area contributed by atoms with E-state index in [1.54, 1.807) is 24.0 Å². The first kappa shape index (κ1) is 23.5. The molecule has 4 aromatic rings. The third-order valence-electron chi connectivity index (χ3n) is 8.07. The first-order valence-electron chi connectivity index (χ1n) is 13.4. The summed E-state index contributed by atoms with van der Waals surface area (Å²) >= 11 is 0. The molecule has 9 nitrogen and oxygen atoms in total. The van der Waals surface area contributed by atoms with Gasteiger partial charge in [0, 0.05) is 73.9 Å². The third kappa shape index (κ3) is 4.08. The maximum Gasteiger partial charge on any atom is 0.257 e. The summed E-state index contributed by atoms with van der Waals surface area (Å²) in [6.07, 6.45) is 7.69. The van der Waals surface area contributed by atoms with Gasteiger partial charge in [-0.15, -0.1) is 0 Å². The van der Waals surface area contributed by atoms with E-state index in [1.165, 1.54) is 25.5 Å². The number of fused-ring (bicyclic) bond motifs is 3. The van der Waals surface area contributed by atoms with Crippen molar-refractivity contribution in [3.05, 3.63) is 53.9 Å². The number of aromatic nitrogens is 4. The first-order chi connectivity index (χ1) is 18.5. The Bertz CT molecular complexity index is 1550. The topological polar surface area (TPSA) is 88.4 Å². The minimum atomic E-state index is -0.479. The Morgan fingerprint density at radius 2 is 2.05 bits per heavy atom. The highest BCUT2D eigenvalue weighted by Gasteiger charge is 2.32. The number of halogens is 1. The molecule has 0 bridgehead atoms. The summed E-state index contributed by atoms with van der Waals surface area (Å²) in [6.45, 7) is 4.78. The van der Waals surface area contributed by atoms with E-state index in [0.717, 1.165) is 43.5 Å². The van der Waals surface area contributed by atoms with E-state index in [2.05, 4.69) is 25.2 Å². The number of ether oxygens (including phenoxy) is 1. The zero-order valence-electron chi connectivity index (χ0n) is 21.4. The molecular weight excluding hydrogens is 485 g/mol. The number of amides is 1. The van der Waals surface area contributed by atoms with Crippen LogP contribution in [-0.4, -0.2) is 69.4 Å². The van der Waals surface area contributed by atoms with E-state index < -0.39 is 5.82 Å². The van der Waals surface area contributed by atoms with Gasteiger partial charge in [0.15, 0.2) is 11.6 Å². The average Bonchev–Trinajstić information content (AvgIpc) is 3.68. The molecule has 2 aromatic heterocycles. The van der Waals surface area contributed by atoms with Gasteiger partial charge in [-0.2, -0.15) is 5.10 Å². The molecule has 0 radical (unpaired) electrons. The van der Waals surface area contributed by atoms with E-state index in [4.69, 9.17) is 9.72 Å². The van der Waals surface area contributed by atoms with Gasteiger partial charge in [0.05, 0.1) is 11.1 Å². The highest BCUT2D eigenvalue weighted by atomic mass is 19.1. The average molecular weight is 516 g/mol. The molecule has 0 aliphatic carbocycles. The zero-order chi connectivity index (χ0) is 25.8. The standard InChI is InChI=1S/C28H30FN7O2/c1-34-15-17-12-18(13-22(29)25(17)33-34)31-28(37)20-6-7-23(36-10-9-35-8-2-4-19(35)16-36)21-14-30-27(32-26(20)21)24-5-3-11-38-24/h6-7,12-15,19,24H,2-5,8-11,16H2,1H3,(H,31,37)/t19-,24+/m1/s1. The number of rotatable bonds is 4. The fraction of sp³-hybridized carbons (Fsp3) is 0.429. The maximum atomic E-state index is 14.7. The molecule has 2 aromatic carbocycles. The van der Waals surface area contributed by atoms with Crippen LogP contribution < -0.4 is 10.2 Å². The summed E-state index contributed by atoms with van der Waals surface area (Å²) in [6, 6.07) is 7.43. The smallest absolute Gasteiger partial charge is 0.257 e. The van der Waals surface area contributed by atoms with Crippen molar-refractivity contribution in [3.8, 4) is 0 Å².